The fourth-order valence-electron chi connectivity index (χ4n) is 2.54. The van der Waals surface area contributed by atoms with E-state index in [-0.39, 0.29) is 11.8 Å². The molecular weight excluding hydrogens is 332 g/mol. The maximum atomic E-state index is 12.3. The fraction of sp³-hybridized carbons (Fsp3) is 0.0625. The van der Waals surface area contributed by atoms with Crippen molar-refractivity contribution in [2.45, 2.75) is 6.54 Å². The second-order valence-electron chi connectivity index (χ2n) is 5.00. The molecule has 1 N–H and O–H groups in total. The molecule has 1 aliphatic heterocycles. The first-order valence-corrected chi connectivity index (χ1v) is 8.05. The molecule has 0 fully saturated rings. The van der Waals surface area contributed by atoms with E-state index in [0.717, 1.165) is 0 Å². The Hall–Kier alpha value is -2.51. The summed E-state index contributed by atoms with van der Waals surface area (Å²) in [4.78, 5) is 16.7. The number of carbonyl (C=O) groups is 1. The molecule has 5 nitrogen and oxygen atoms in total. The molecule has 0 atom stereocenters. The molecule has 3 aromatic rings. The van der Waals surface area contributed by atoms with E-state index < -0.39 is 0 Å². The lowest BCUT2D eigenvalue weighted by Gasteiger charge is -2.03. The zero-order chi connectivity index (χ0) is 16.0. The molecule has 4 rings (SSSR count). The highest BCUT2D eigenvalue weighted by atomic mass is 32.1. The number of aromatic nitrogens is 1. The zero-order valence-corrected chi connectivity index (χ0v) is 13.4. The summed E-state index contributed by atoms with van der Waals surface area (Å²) in [6.07, 6.45) is 1.56. The number of thiazole rings is 1. The van der Waals surface area contributed by atoms with Gasteiger partial charge in [-0.3, -0.25) is 9.36 Å². The summed E-state index contributed by atoms with van der Waals surface area (Å²) in [6.45, 7) is 0.314. The van der Waals surface area contributed by atoms with E-state index in [1.54, 1.807) is 29.0 Å². The molecule has 0 unspecified atom stereocenters. The first-order chi connectivity index (χ1) is 11.1. The standard InChI is InChI=1S/C16H10N2O3S2/c19-14-12(10-5-1-2-6-11(10)17-14)13-15(20)18(16(22)23-13)8-9-4-3-7-21-9/h1-7,20H,8H2. The summed E-state index contributed by atoms with van der Waals surface area (Å²) in [7, 11) is 0. The zero-order valence-electron chi connectivity index (χ0n) is 11.7. The van der Waals surface area contributed by atoms with Crippen molar-refractivity contribution in [2.24, 2.45) is 4.99 Å². The van der Waals surface area contributed by atoms with Crippen LogP contribution >= 0.6 is 23.6 Å². The number of hydrogen-bond acceptors (Lipinski definition) is 5. The quantitative estimate of drug-likeness (QED) is 0.739. The third-order valence-electron chi connectivity index (χ3n) is 3.60. The van der Waals surface area contributed by atoms with Crippen LogP contribution in [0.1, 0.15) is 10.6 Å². The number of fused-ring (bicyclic) bond motifs is 1. The molecule has 0 saturated heterocycles. The largest absolute Gasteiger partial charge is 0.493 e. The highest BCUT2D eigenvalue weighted by Crippen LogP contribution is 2.33. The minimum absolute atomic E-state index is 0.0355. The van der Waals surface area contributed by atoms with Crippen LogP contribution in [0.3, 0.4) is 0 Å². The lowest BCUT2D eigenvalue weighted by Crippen LogP contribution is -2.22. The second kappa shape index (κ2) is 5.29. The Kier molecular flexibility index (Phi) is 3.24. The Morgan fingerprint density at radius 2 is 2.09 bits per heavy atom. The molecule has 0 radical (unpaired) electrons. The van der Waals surface area contributed by atoms with Crippen molar-refractivity contribution in [3.63, 3.8) is 0 Å². The van der Waals surface area contributed by atoms with Gasteiger partial charge in [0.15, 0.2) is 3.95 Å². The SMILES string of the molecule is O=C1N=c2ccccc2=C1c1sc(=S)n(Cc2ccco2)c1O. The number of para-hydroxylation sites is 1. The van der Waals surface area contributed by atoms with Gasteiger partial charge in [-0.05, 0) is 30.4 Å². The van der Waals surface area contributed by atoms with Crippen LogP contribution in [0.5, 0.6) is 5.88 Å². The number of nitrogens with zero attached hydrogens (tertiary/aromatic N) is 2. The van der Waals surface area contributed by atoms with Crippen LogP contribution in [-0.4, -0.2) is 15.6 Å². The number of amides is 1. The summed E-state index contributed by atoms with van der Waals surface area (Å²) >= 11 is 6.53. The average Bonchev–Trinajstić information content (AvgIpc) is 3.21. The molecule has 7 heteroatoms. The third kappa shape index (κ3) is 2.25. The van der Waals surface area contributed by atoms with Crippen molar-refractivity contribution in [2.75, 3.05) is 0 Å². The predicted molar refractivity (Wildman–Crippen MR) is 87.4 cm³/mol. The second-order valence-corrected chi connectivity index (χ2v) is 6.64. The van der Waals surface area contributed by atoms with Gasteiger partial charge in [-0.2, -0.15) is 0 Å². The van der Waals surface area contributed by atoms with Gasteiger partial charge in [0.1, 0.15) is 10.6 Å². The molecule has 23 heavy (non-hydrogen) atoms. The molecule has 3 heterocycles. The van der Waals surface area contributed by atoms with Gasteiger partial charge < -0.3 is 9.52 Å². The lowest BCUT2D eigenvalue weighted by atomic mass is 10.1. The third-order valence-corrected chi connectivity index (χ3v) is 5.06. The van der Waals surface area contributed by atoms with Crippen molar-refractivity contribution in [3.8, 4) is 5.88 Å². The molecule has 1 aromatic carbocycles. The minimum Gasteiger partial charge on any atom is -0.493 e. The van der Waals surface area contributed by atoms with Crippen molar-refractivity contribution in [3.05, 3.63) is 67.8 Å². The van der Waals surface area contributed by atoms with E-state index in [4.69, 9.17) is 16.6 Å². The van der Waals surface area contributed by atoms with Crippen LogP contribution < -0.4 is 10.6 Å². The molecule has 0 bridgehead atoms. The van der Waals surface area contributed by atoms with Crippen molar-refractivity contribution in [1.29, 1.82) is 0 Å². The maximum Gasteiger partial charge on any atom is 0.279 e. The van der Waals surface area contributed by atoms with Crippen molar-refractivity contribution >= 4 is 35.0 Å². The fourth-order valence-corrected chi connectivity index (χ4v) is 3.88. The van der Waals surface area contributed by atoms with Gasteiger partial charge in [0.25, 0.3) is 5.91 Å². The first-order valence-electron chi connectivity index (χ1n) is 6.83. The van der Waals surface area contributed by atoms with Crippen LogP contribution in [0.2, 0.25) is 0 Å². The van der Waals surface area contributed by atoms with Gasteiger partial charge in [-0.25, -0.2) is 4.99 Å². The summed E-state index contributed by atoms with van der Waals surface area (Å²) in [6, 6.07) is 10.8. The van der Waals surface area contributed by atoms with Crippen LogP contribution in [-0.2, 0) is 11.3 Å². The van der Waals surface area contributed by atoms with Gasteiger partial charge >= 0.3 is 0 Å². The predicted octanol–water partition coefficient (Wildman–Crippen LogP) is 1.98. The van der Waals surface area contributed by atoms with E-state index in [2.05, 4.69) is 4.99 Å². The normalized spacial score (nSPS) is 13.2. The minimum atomic E-state index is -0.358. The lowest BCUT2D eigenvalue weighted by molar-refractivity contribution is -0.112. The Labute approximate surface area is 139 Å². The van der Waals surface area contributed by atoms with Crippen LogP contribution in [0.15, 0.2) is 52.1 Å². The average molecular weight is 342 g/mol. The van der Waals surface area contributed by atoms with E-state index in [1.165, 1.54) is 11.3 Å². The topological polar surface area (TPSA) is 67.7 Å². The molecule has 2 aromatic heterocycles. The Balaban J connectivity index is 1.91. The van der Waals surface area contributed by atoms with E-state index in [9.17, 15) is 9.90 Å². The van der Waals surface area contributed by atoms with E-state index in [0.29, 0.717) is 37.3 Å². The molecule has 0 saturated carbocycles. The summed E-state index contributed by atoms with van der Waals surface area (Å²) < 4.78 is 7.32. The van der Waals surface area contributed by atoms with Crippen LogP contribution in [0.25, 0.3) is 5.57 Å². The highest BCUT2D eigenvalue weighted by Gasteiger charge is 2.25. The smallest absolute Gasteiger partial charge is 0.279 e. The number of hydrogen-bond donors (Lipinski definition) is 1. The molecule has 0 spiro atoms. The maximum absolute atomic E-state index is 12.3. The summed E-state index contributed by atoms with van der Waals surface area (Å²) in [5.41, 5.74) is 0.396. The summed E-state index contributed by atoms with van der Waals surface area (Å²) in [5.74, 6) is 0.281. The van der Waals surface area contributed by atoms with Gasteiger partial charge in [0, 0.05) is 5.22 Å². The number of furan rings is 1. The van der Waals surface area contributed by atoms with Gasteiger partial charge in [-0.15, -0.1) is 11.3 Å². The van der Waals surface area contributed by atoms with Crippen LogP contribution in [0, 0.1) is 3.95 Å². The molecule has 1 amide bonds. The van der Waals surface area contributed by atoms with Gasteiger partial charge in [-0.1, -0.05) is 18.2 Å². The van der Waals surface area contributed by atoms with Crippen LogP contribution in [0.4, 0.5) is 0 Å². The van der Waals surface area contributed by atoms with Gasteiger partial charge in [0.05, 0.1) is 23.7 Å². The Morgan fingerprint density at radius 1 is 1.26 bits per heavy atom. The number of carbonyl (C=O) groups excluding carboxylic acids is 1. The molecular formula is C16H10N2O3S2. The van der Waals surface area contributed by atoms with E-state index >= 15 is 0 Å². The van der Waals surface area contributed by atoms with Crippen molar-refractivity contribution < 1.29 is 14.3 Å². The Bertz CT molecular complexity index is 1090. The molecule has 1 aliphatic rings. The Morgan fingerprint density at radius 3 is 2.87 bits per heavy atom. The highest BCUT2D eigenvalue weighted by molar-refractivity contribution is 7.73. The molecule has 0 aliphatic carbocycles. The summed E-state index contributed by atoms with van der Waals surface area (Å²) in [5, 5.41) is 11.9. The monoisotopic (exact) mass is 342 g/mol. The van der Waals surface area contributed by atoms with E-state index in [1.807, 2.05) is 18.2 Å². The molecule has 114 valence electrons. The number of aromatic hydroxyl groups is 1. The number of benzene rings is 1. The van der Waals surface area contributed by atoms with Crippen molar-refractivity contribution in [1.82, 2.24) is 4.57 Å². The first kappa shape index (κ1) is 14.1. The number of rotatable bonds is 3. The van der Waals surface area contributed by atoms with Gasteiger partial charge in [0.2, 0.25) is 5.88 Å².